The number of methoxy groups -OCH3 is 2. The van der Waals surface area contributed by atoms with Gasteiger partial charge in [0, 0.05) is 59.6 Å². The Hall–Kier alpha value is -2.49. The molecule has 0 saturated heterocycles. The van der Waals surface area contributed by atoms with Gasteiger partial charge in [0.15, 0.2) is 0 Å². The topological polar surface area (TPSA) is 197 Å². The fourth-order valence-electron chi connectivity index (χ4n) is 3.49. The largest absolute Gasteiger partial charge is 0.481 e. The Labute approximate surface area is 326 Å². The third-order valence-corrected chi connectivity index (χ3v) is 5.71. The minimum Gasteiger partial charge on any atom is -0.481 e. The molecule has 0 fully saturated rings. The van der Waals surface area contributed by atoms with Crippen LogP contribution in [-0.2, 0) is 91.8 Å². The van der Waals surface area contributed by atoms with Crippen LogP contribution >= 0.6 is 27.0 Å². The van der Waals surface area contributed by atoms with Crippen LogP contribution in [-0.4, -0.2) is 74.8 Å². The Bertz CT molecular complexity index is 1250. The molecule has 0 unspecified atom stereocenters. The Morgan fingerprint density at radius 1 is 0.857 bits per heavy atom. The Morgan fingerprint density at radius 3 is 1.59 bits per heavy atom. The van der Waals surface area contributed by atoms with Gasteiger partial charge in [-0.25, -0.2) is 0 Å². The monoisotopic (exact) mass is 819 g/mol. The van der Waals surface area contributed by atoms with Crippen molar-refractivity contribution in [3.05, 3.63) is 59.7 Å². The van der Waals surface area contributed by atoms with Gasteiger partial charge in [-0.1, -0.05) is 70.3 Å². The summed E-state index contributed by atoms with van der Waals surface area (Å²) in [6.07, 6.45) is -0.106. The Balaban J connectivity index is -0.000000151. The molecule has 0 aliphatic heterocycles. The smallest absolute Gasteiger partial charge is 0.325 e. The lowest BCUT2D eigenvalue weighted by Crippen LogP contribution is -2.40. The molecule has 0 aromatic heterocycles. The van der Waals surface area contributed by atoms with Crippen LogP contribution in [0.25, 0.3) is 11.1 Å². The van der Waals surface area contributed by atoms with Crippen LogP contribution in [0, 0.1) is 5.92 Å². The Morgan fingerprint density at radius 2 is 1.27 bits per heavy atom. The van der Waals surface area contributed by atoms with Crippen molar-refractivity contribution in [1.29, 1.82) is 0 Å². The van der Waals surface area contributed by atoms with E-state index in [1.54, 1.807) is 0 Å². The predicted molar refractivity (Wildman–Crippen MR) is 217 cm³/mol. The number of fused-ring (bicyclic) bond motifs is 3. The van der Waals surface area contributed by atoms with Crippen LogP contribution in [0.3, 0.4) is 0 Å². The molecule has 280 valence electrons. The number of carbonyl (C=O) groups excluding carboxylic acids is 4. The van der Waals surface area contributed by atoms with Gasteiger partial charge in [-0.15, -0.1) is 0 Å². The number of amides is 1. The molecule has 12 nitrogen and oxygen atoms in total. The second-order valence-electron chi connectivity index (χ2n) is 8.78. The molecule has 2 aromatic rings. The summed E-state index contributed by atoms with van der Waals surface area (Å²) in [5.74, 6) is -3.41. The second kappa shape index (κ2) is 35.3. The third kappa shape index (κ3) is 24.3. The zero-order valence-corrected chi connectivity index (χ0v) is 32.2. The summed E-state index contributed by atoms with van der Waals surface area (Å²) in [5, 5.41) is 11.2. The number of carboxylic acid groups (broad SMARTS) is 1. The van der Waals surface area contributed by atoms with Gasteiger partial charge in [0.05, 0.1) is 39.1 Å². The lowest BCUT2D eigenvalue weighted by Gasteiger charge is -2.14. The van der Waals surface area contributed by atoms with Crippen molar-refractivity contribution in [3.63, 3.8) is 0 Å². The van der Waals surface area contributed by atoms with Gasteiger partial charge in [-0.2, -0.15) is 27.0 Å². The molecule has 2 atom stereocenters. The third-order valence-electron chi connectivity index (χ3n) is 5.71. The molecule has 0 radical (unpaired) electrons. The highest BCUT2D eigenvalue weighted by Crippen LogP contribution is 2.44. The average molecular weight is 820 g/mol. The summed E-state index contributed by atoms with van der Waals surface area (Å²) in [4.78, 5) is 53.7. The van der Waals surface area contributed by atoms with E-state index in [1.807, 2.05) is 36.4 Å². The van der Waals surface area contributed by atoms with Gasteiger partial charge >= 0.3 is 23.9 Å². The highest BCUT2D eigenvalue weighted by atomic mass is 33.1. The summed E-state index contributed by atoms with van der Waals surface area (Å²) < 4.78 is 13.8. The normalized spacial score (nSPS) is 10.5. The molecule has 3 rings (SSSR count). The molecule has 1 aliphatic carbocycles. The van der Waals surface area contributed by atoms with E-state index in [1.165, 1.54) is 39.2 Å². The molecular weight excluding hydrogens is 771 g/mol. The molecule has 1 amide bonds. The predicted octanol–water partition coefficient (Wildman–Crippen LogP) is 2.68. The maximum Gasteiger partial charge on any atom is 0.325 e. The van der Waals surface area contributed by atoms with Crippen molar-refractivity contribution in [2.75, 3.05) is 33.9 Å². The molecule has 2 aromatic carbocycles. The lowest BCUT2D eigenvalue weighted by molar-refractivity contribution is -0.151. The minimum absolute atomic E-state index is 0. The average Bonchev–Trinajstić information content (AvgIpc) is 3.37. The van der Waals surface area contributed by atoms with Crippen molar-refractivity contribution in [2.45, 2.75) is 47.1 Å². The molecule has 1 aliphatic rings. The molecule has 0 saturated carbocycles. The van der Waals surface area contributed by atoms with E-state index in [-0.39, 0.29) is 85.8 Å². The van der Waals surface area contributed by atoms with E-state index in [9.17, 15) is 24.0 Å². The molecule has 49 heavy (non-hydrogen) atoms. The highest BCUT2D eigenvalue weighted by molar-refractivity contribution is 8.37. The van der Waals surface area contributed by atoms with E-state index >= 15 is 0 Å². The van der Waals surface area contributed by atoms with Crippen molar-refractivity contribution >= 4 is 110 Å². The van der Waals surface area contributed by atoms with Crippen molar-refractivity contribution < 1.29 is 43.3 Å². The molecule has 0 spiro atoms. The highest BCUT2D eigenvalue weighted by Gasteiger charge is 2.29. The van der Waals surface area contributed by atoms with Crippen LogP contribution in [0.2, 0.25) is 0 Å². The van der Waals surface area contributed by atoms with Crippen LogP contribution in [0.1, 0.15) is 52.2 Å². The molecule has 0 bridgehead atoms. The first-order valence-corrected chi connectivity index (χ1v) is 16.9. The number of carboxylic acids is 1. The number of carbonyl (C=O) groups is 5. The van der Waals surface area contributed by atoms with E-state index in [0.29, 0.717) is 0 Å². The number of benzene rings is 2. The summed E-state index contributed by atoms with van der Waals surface area (Å²) >= 11 is 15.6. The fraction of sp³-hybridized carbons (Fsp3) is 0.433. The quantitative estimate of drug-likeness (QED) is 0.213. The number of nitrogens with one attached hydrogen (secondary N) is 1. The van der Waals surface area contributed by atoms with Crippen LogP contribution < -0.4 is 16.8 Å². The van der Waals surface area contributed by atoms with Gasteiger partial charge in [0.2, 0.25) is 5.91 Å². The summed E-state index contributed by atoms with van der Waals surface area (Å²) in [6.45, 7) is 3.11. The number of ether oxygens (including phenoxy) is 3. The minimum atomic E-state index is -0.987. The van der Waals surface area contributed by atoms with Gasteiger partial charge < -0.3 is 36.1 Å². The van der Waals surface area contributed by atoms with E-state index in [2.05, 4.69) is 71.7 Å². The Kier molecular flexibility index (Phi) is 42.3. The van der Waals surface area contributed by atoms with Crippen molar-refractivity contribution in [2.24, 2.45) is 17.4 Å². The van der Waals surface area contributed by atoms with Crippen LogP contribution in [0.15, 0.2) is 48.5 Å². The number of rotatable bonds is 9. The summed E-state index contributed by atoms with van der Waals surface area (Å²) in [6, 6.07) is 15.6. The van der Waals surface area contributed by atoms with Gasteiger partial charge in [-0.05, 0) is 29.2 Å². The van der Waals surface area contributed by atoms with Gasteiger partial charge in [0.25, 0.3) is 0 Å². The SMILES string of the molecule is C.C.COC(=O)CN.COC(=O)CNC(=O)[C@H](C)N.C[C@H](CC(=O)OCC1c2ccccc2-c2ccccc21)C(=O)O.S.S.S=S.S=S=S. The second-order valence-corrected chi connectivity index (χ2v) is 10.6. The molecular formula is C30H49N3O9S7. The first kappa shape index (κ1) is 58.7. The molecule has 19 heteroatoms. The van der Waals surface area contributed by atoms with Crippen molar-refractivity contribution in [3.8, 4) is 11.1 Å². The van der Waals surface area contributed by atoms with E-state index in [4.69, 9.17) is 21.3 Å². The maximum atomic E-state index is 11.9. The number of aliphatic carboxylic acids is 1. The standard InChI is InChI=1S/C19H18O4.C6H12N2O3.C3H7NO2.2CH4.S3.S2.2H2S/c1-12(19(21)22)10-18(20)23-11-17-15-8-4-2-6-13(15)14-7-3-5-9-16(14)17;1-4(7)6(10)8-3-5(9)11-2;1-6-3(5)2-4;;;1-3-2;1-2;;/h2-9,12,17H,10-11H2,1H3,(H,21,22);4H,3,7H2,1-2H3,(H,8,10);2,4H2,1H3;2*1H4;;;2*1H2/t12-;4-;;;;;;;/m10......./s1. The van der Waals surface area contributed by atoms with Crippen molar-refractivity contribution in [1.82, 2.24) is 5.32 Å². The maximum absolute atomic E-state index is 11.9. The van der Waals surface area contributed by atoms with Gasteiger partial charge in [0.1, 0.15) is 13.2 Å². The number of hydrogen-bond donors (Lipinski definition) is 4. The van der Waals surface area contributed by atoms with E-state index < -0.39 is 29.9 Å². The summed E-state index contributed by atoms with van der Waals surface area (Å²) in [7, 11) is 3.47. The lowest BCUT2D eigenvalue weighted by atomic mass is 9.98. The first-order chi connectivity index (χ1) is 21.4. The van der Waals surface area contributed by atoms with Crippen LogP contribution in [0.5, 0.6) is 0 Å². The first-order valence-electron chi connectivity index (χ1n) is 12.9. The molecule has 6 N–H and O–H groups in total. The number of esters is 3. The fourth-order valence-corrected chi connectivity index (χ4v) is 3.49. The zero-order valence-electron chi connectivity index (χ0n) is 26.1. The number of nitrogens with two attached hydrogens (primary N) is 2. The summed E-state index contributed by atoms with van der Waals surface area (Å²) in [5.41, 5.74) is 14.6. The van der Waals surface area contributed by atoms with Crippen LogP contribution in [0.4, 0.5) is 0 Å². The number of hydrogen-bond acceptors (Lipinski definition) is 14. The molecule has 0 heterocycles. The zero-order chi connectivity index (χ0) is 34.9. The van der Waals surface area contributed by atoms with E-state index in [0.717, 1.165) is 20.0 Å². The van der Waals surface area contributed by atoms with Gasteiger partial charge in [-0.3, -0.25) is 24.0 Å².